The Morgan fingerprint density at radius 3 is 2.60 bits per heavy atom. The fraction of sp³-hybridized carbons (Fsp3) is 0.467. The summed E-state index contributed by atoms with van der Waals surface area (Å²) in [6, 6.07) is 1.76. The number of methoxy groups -OCH3 is 1. The molecule has 0 saturated carbocycles. The van der Waals surface area contributed by atoms with Crippen molar-refractivity contribution in [1.29, 1.82) is 0 Å². The molecule has 5 heteroatoms. The van der Waals surface area contributed by atoms with Crippen LogP contribution in [0.25, 0.3) is 0 Å². The molecule has 1 aliphatic rings. The molecule has 1 atom stereocenters. The number of Topliss-reactive ketones (excluding diaryl/α,β-unsaturated/α-hetero) is 2. The predicted molar refractivity (Wildman–Crippen MR) is 79.1 cm³/mol. The van der Waals surface area contributed by atoms with E-state index in [0.29, 0.717) is 30.6 Å². The first-order chi connectivity index (χ1) is 9.30. The molecule has 2 rings (SSSR count). The van der Waals surface area contributed by atoms with Crippen molar-refractivity contribution < 1.29 is 14.3 Å². The summed E-state index contributed by atoms with van der Waals surface area (Å²) in [6.07, 6.45) is 1.46. The minimum absolute atomic E-state index is 0.0386. The highest BCUT2D eigenvalue weighted by molar-refractivity contribution is 6.45. The van der Waals surface area contributed by atoms with Crippen LogP contribution in [0.1, 0.15) is 42.6 Å². The maximum absolute atomic E-state index is 12.6. The van der Waals surface area contributed by atoms with Crippen LogP contribution in [-0.4, -0.2) is 18.7 Å². The first kappa shape index (κ1) is 15.3. The van der Waals surface area contributed by atoms with E-state index in [2.05, 4.69) is 0 Å². The Labute approximate surface area is 128 Å². The lowest BCUT2D eigenvalue weighted by atomic mass is 9.81. The first-order valence-corrected chi connectivity index (χ1v) is 7.15. The molecule has 1 aromatic rings. The van der Waals surface area contributed by atoms with E-state index in [-0.39, 0.29) is 21.6 Å². The molecule has 0 amide bonds. The molecule has 0 radical (unpaired) electrons. The average Bonchev–Trinajstić information content (AvgIpc) is 2.64. The number of carbonyl (C=O) groups excluding carboxylic acids is 2. The largest absolute Gasteiger partial charge is 0.495 e. The summed E-state index contributed by atoms with van der Waals surface area (Å²) in [7, 11) is 1.51. The molecule has 1 unspecified atom stereocenters. The van der Waals surface area contributed by atoms with Gasteiger partial charge in [-0.25, -0.2) is 0 Å². The molecular weight excluding hydrogens is 299 g/mol. The van der Waals surface area contributed by atoms with Gasteiger partial charge < -0.3 is 9.53 Å². The summed E-state index contributed by atoms with van der Waals surface area (Å²) in [5.41, 5.74) is 0.726. The lowest BCUT2D eigenvalue weighted by Crippen LogP contribution is -2.24. The van der Waals surface area contributed by atoms with Gasteiger partial charge in [0.15, 0.2) is 5.78 Å². The van der Waals surface area contributed by atoms with Gasteiger partial charge in [-0.3, -0.25) is 4.79 Å². The molecule has 0 N–H and O–H groups in total. The van der Waals surface area contributed by atoms with Gasteiger partial charge in [-0.05, 0) is 31.4 Å². The Balaban J connectivity index is 2.43. The second-order valence-corrected chi connectivity index (χ2v) is 6.27. The van der Waals surface area contributed by atoms with Gasteiger partial charge in [0.2, 0.25) is 0 Å². The molecule has 0 aromatic heterocycles. The molecule has 0 spiro atoms. The second-order valence-electron chi connectivity index (χ2n) is 5.51. The van der Waals surface area contributed by atoms with Gasteiger partial charge in [0, 0.05) is 17.4 Å². The Kier molecular flexibility index (Phi) is 4.12. The van der Waals surface area contributed by atoms with E-state index in [9.17, 15) is 9.59 Å². The highest BCUT2D eigenvalue weighted by Crippen LogP contribution is 2.47. The topological polar surface area (TPSA) is 43.4 Å². The lowest BCUT2D eigenvalue weighted by Gasteiger charge is -2.20. The number of ether oxygens (including phenoxy) is 1. The average molecular weight is 315 g/mol. The van der Waals surface area contributed by atoms with Crippen LogP contribution in [0.15, 0.2) is 6.07 Å². The van der Waals surface area contributed by atoms with Gasteiger partial charge >= 0.3 is 0 Å². The van der Waals surface area contributed by atoms with Gasteiger partial charge in [0.05, 0.1) is 12.1 Å². The van der Waals surface area contributed by atoms with Crippen molar-refractivity contribution in [3.05, 3.63) is 27.2 Å². The van der Waals surface area contributed by atoms with Crippen LogP contribution in [0, 0.1) is 5.41 Å². The number of carbonyl (C=O) groups is 2. The van der Waals surface area contributed by atoms with Crippen molar-refractivity contribution in [2.45, 2.75) is 33.1 Å². The molecule has 1 aromatic carbocycles. The van der Waals surface area contributed by atoms with Crippen molar-refractivity contribution in [2.24, 2.45) is 5.41 Å². The number of halogens is 2. The summed E-state index contributed by atoms with van der Waals surface area (Å²) < 4.78 is 5.17. The molecular formula is C15H16Cl2O3. The minimum atomic E-state index is -0.590. The van der Waals surface area contributed by atoms with E-state index in [1.54, 1.807) is 6.07 Å². The van der Waals surface area contributed by atoms with E-state index in [0.717, 1.165) is 5.56 Å². The standard InChI is InChI=1S/C15H16Cl2O3/c1-8(18)4-5-15(2)7-9-6-10(20-3)12(16)13(17)11(9)14(15)19/h6H,4-5,7H2,1-3H3. The fourth-order valence-electron chi connectivity index (χ4n) is 2.64. The SMILES string of the molecule is COc1cc2c(c(Cl)c1Cl)C(=O)C(C)(CCC(C)=O)C2. The smallest absolute Gasteiger partial charge is 0.170 e. The molecule has 1 aliphatic carbocycles. The number of fused-ring (bicyclic) bond motifs is 1. The molecule has 0 heterocycles. The van der Waals surface area contributed by atoms with E-state index in [4.69, 9.17) is 27.9 Å². The molecule has 0 bridgehead atoms. The van der Waals surface area contributed by atoms with Crippen molar-refractivity contribution in [1.82, 2.24) is 0 Å². The third-order valence-corrected chi connectivity index (χ3v) is 4.71. The first-order valence-electron chi connectivity index (χ1n) is 6.39. The number of hydrogen-bond donors (Lipinski definition) is 0. The van der Waals surface area contributed by atoms with E-state index in [1.807, 2.05) is 6.92 Å². The molecule has 20 heavy (non-hydrogen) atoms. The fourth-order valence-corrected chi connectivity index (χ4v) is 3.17. The van der Waals surface area contributed by atoms with Crippen molar-refractivity contribution >= 4 is 34.8 Å². The molecule has 0 aliphatic heterocycles. The van der Waals surface area contributed by atoms with Crippen molar-refractivity contribution in [3.63, 3.8) is 0 Å². The van der Waals surface area contributed by atoms with Crippen LogP contribution in [0.3, 0.4) is 0 Å². The zero-order valence-corrected chi connectivity index (χ0v) is 13.2. The van der Waals surface area contributed by atoms with Gasteiger partial charge in [-0.2, -0.15) is 0 Å². The Hall–Kier alpha value is -1.06. The quantitative estimate of drug-likeness (QED) is 0.839. The van der Waals surface area contributed by atoms with Crippen LogP contribution in [0.2, 0.25) is 10.0 Å². The zero-order chi connectivity index (χ0) is 15.1. The van der Waals surface area contributed by atoms with Gasteiger partial charge in [0.25, 0.3) is 0 Å². The second kappa shape index (κ2) is 5.38. The highest BCUT2D eigenvalue weighted by atomic mass is 35.5. The minimum Gasteiger partial charge on any atom is -0.495 e. The van der Waals surface area contributed by atoms with E-state index >= 15 is 0 Å². The monoisotopic (exact) mass is 314 g/mol. The van der Waals surface area contributed by atoms with E-state index in [1.165, 1.54) is 14.0 Å². The number of benzene rings is 1. The third kappa shape index (κ3) is 2.45. The van der Waals surface area contributed by atoms with Gasteiger partial charge in [0.1, 0.15) is 16.6 Å². The number of ketones is 2. The van der Waals surface area contributed by atoms with Crippen LogP contribution in [-0.2, 0) is 11.2 Å². The number of hydrogen-bond acceptors (Lipinski definition) is 3. The lowest BCUT2D eigenvalue weighted by molar-refractivity contribution is -0.117. The van der Waals surface area contributed by atoms with Crippen LogP contribution in [0.4, 0.5) is 0 Å². The normalized spacial score (nSPS) is 20.9. The molecule has 0 saturated heterocycles. The summed E-state index contributed by atoms with van der Waals surface area (Å²) in [5.74, 6) is 0.513. The van der Waals surface area contributed by atoms with Gasteiger partial charge in [-0.15, -0.1) is 0 Å². The van der Waals surface area contributed by atoms with Crippen LogP contribution in [0.5, 0.6) is 5.75 Å². The zero-order valence-electron chi connectivity index (χ0n) is 11.7. The maximum Gasteiger partial charge on any atom is 0.170 e. The maximum atomic E-state index is 12.6. The third-order valence-electron chi connectivity index (χ3n) is 3.86. The summed E-state index contributed by atoms with van der Waals surface area (Å²) in [4.78, 5) is 23.8. The highest BCUT2D eigenvalue weighted by Gasteiger charge is 2.43. The van der Waals surface area contributed by atoms with Crippen LogP contribution < -0.4 is 4.74 Å². The Morgan fingerprint density at radius 1 is 1.40 bits per heavy atom. The van der Waals surface area contributed by atoms with Crippen molar-refractivity contribution in [2.75, 3.05) is 7.11 Å². The van der Waals surface area contributed by atoms with E-state index < -0.39 is 5.41 Å². The Morgan fingerprint density at radius 2 is 2.05 bits per heavy atom. The predicted octanol–water partition coefficient (Wildman–Crippen LogP) is 4.12. The molecule has 108 valence electrons. The summed E-state index contributed by atoms with van der Waals surface area (Å²) in [6.45, 7) is 3.40. The summed E-state index contributed by atoms with van der Waals surface area (Å²) in [5, 5.41) is 0.509. The van der Waals surface area contributed by atoms with Gasteiger partial charge in [-0.1, -0.05) is 30.1 Å². The Bertz CT molecular complexity index is 595. The molecule has 0 fully saturated rings. The summed E-state index contributed by atoms with van der Waals surface area (Å²) >= 11 is 12.3. The molecule has 3 nitrogen and oxygen atoms in total. The van der Waals surface area contributed by atoms with Crippen LogP contribution >= 0.6 is 23.2 Å². The van der Waals surface area contributed by atoms with Crippen molar-refractivity contribution in [3.8, 4) is 5.75 Å². The number of rotatable bonds is 4.